The first-order chi connectivity index (χ1) is 15.2. The van der Waals surface area contributed by atoms with Gasteiger partial charge < -0.3 is 13.9 Å². The van der Waals surface area contributed by atoms with Crippen molar-refractivity contribution in [1.29, 1.82) is 0 Å². The maximum Gasteiger partial charge on any atom is 0.270 e. The maximum atomic E-state index is 11.4. The Morgan fingerprint density at radius 3 is 2.87 bits per heavy atom. The minimum absolute atomic E-state index is 0.0356. The molecule has 1 saturated carbocycles. The maximum absolute atomic E-state index is 11.4. The molecule has 0 N–H and O–H groups in total. The van der Waals surface area contributed by atoms with Crippen LogP contribution in [0.5, 0.6) is 5.75 Å². The Kier molecular flexibility index (Phi) is 5.65. The van der Waals surface area contributed by atoms with Gasteiger partial charge in [0.15, 0.2) is 17.7 Å². The molecule has 9 nitrogen and oxygen atoms in total. The fourth-order valence-electron chi connectivity index (χ4n) is 4.25. The van der Waals surface area contributed by atoms with Crippen LogP contribution in [0.4, 0.5) is 5.69 Å². The highest BCUT2D eigenvalue weighted by Crippen LogP contribution is 2.39. The van der Waals surface area contributed by atoms with Gasteiger partial charge in [-0.1, -0.05) is 31.0 Å². The van der Waals surface area contributed by atoms with Crippen molar-refractivity contribution >= 4 is 17.4 Å². The third-order valence-corrected chi connectivity index (χ3v) is 6.68. The molecule has 3 heterocycles. The Labute approximate surface area is 182 Å². The van der Waals surface area contributed by atoms with Crippen LogP contribution in [0.25, 0.3) is 11.6 Å². The van der Waals surface area contributed by atoms with Crippen molar-refractivity contribution in [3.05, 3.63) is 51.8 Å². The SMILES string of the molecule is O=[N+]([O-])c1cc2c(c(CSc3nnc(-c4ccco4)n3C3CCCCC3)c1)OCOC2. The van der Waals surface area contributed by atoms with Crippen molar-refractivity contribution in [2.24, 2.45) is 0 Å². The number of nitro benzene ring substituents is 1. The molecule has 0 saturated heterocycles. The van der Waals surface area contributed by atoms with Crippen LogP contribution < -0.4 is 4.74 Å². The number of ether oxygens (including phenoxy) is 2. The number of nitrogens with zero attached hydrogens (tertiary/aromatic N) is 4. The highest BCUT2D eigenvalue weighted by molar-refractivity contribution is 7.98. The van der Waals surface area contributed by atoms with Gasteiger partial charge in [-0.25, -0.2) is 0 Å². The van der Waals surface area contributed by atoms with Crippen LogP contribution in [0.3, 0.4) is 0 Å². The zero-order valence-corrected chi connectivity index (χ0v) is 17.7. The Morgan fingerprint density at radius 2 is 2.10 bits per heavy atom. The highest BCUT2D eigenvalue weighted by Gasteiger charge is 2.26. The van der Waals surface area contributed by atoms with E-state index >= 15 is 0 Å². The Morgan fingerprint density at radius 1 is 1.23 bits per heavy atom. The first kappa shape index (κ1) is 20.1. The molecule has 5 rings (SSSR count). The number of aromatic nitrogens is 3. The zero-order valence-electron chi connectivity index (χ0n) is 16.9. The smallest absolute Gasteiger partial charge is 0.270 e. The molecule has 0 radical (unpaired) electrons. The van der Waals surface area contributed by atoms with Crippen LogP contribution in [0.2, 0.25) is 0 Å². The normalized spacial score (nSPS) is 16.6. The Bertz CT molecular complexity index is 1080. The van der Waals surface area contributed by atoms with E-state index in [1.54, 1.807) is 12.3 Å². The predicted molar refractivity (Wildman–Crippen MR) is 113 cm³/mol. The molecule has 31 heavy (non-hydrogen) atoms. The average molecular weight is 442 g/mol. The van der Waals surface area contributed by atoms with E-state index in [4.69, 9.17) is 13.9 Å². The summed E-state index contributed by atoms with van der Waals surface area (Å²) in [6, 6.07) is 7.14. The number of benzene rings is 1. The minimum Gasteiger partial charge on any atom is -0.467 e. The minimum atomic E-state index is -0.386. The van der Waals surface area contributed by atoms with Gasteiger partial charge in [0.1, 0.15) is 5.75 Å². The van der Waals surface area contributed by atoms with Crippen molar-refractivity contribution in [3.63, 3.8) is 0 Å². The Hall–Kier alpha value is -2.85. The first-order valence-corrected chi connectivity index (χ1v) is 11.3. The molecule has 1 aromatic carbocycles. The standard InChI is InChI=1S/C21H22N4O5S/c26-25(27)17-9-14-11-28-13-30-19(14)15(10-17)12-31-21-23-22-20(18-7-4-8-29-18)24(21)16-5-2-1-3-6-16/h4,7-10,16H,1-3,5-6,11-13H2. The van der Waals surface area contributed by atoms with Crippen LogP contribution in [0.15, 0.2) is 40.1 Å². The molecule has 2 aliphatic rings. The summed E-state index contributed by atoms with van der Waals surface area (Å²) in [4.78, 5) is 11.0. The van der Waals surface area contributed by atoms with E-state index in [-0.39, 0.29) is 17.4 Å². The van der Waals surface area contributed by atoms with Gasteiger partial charge in [0.25, 0.3) is 5.69 Å². The van der Waals surface area contributed by atoms with Gasteiger partial charge in [-0.05, 0) is 25.0 Å². The van der Waals surface area contributed by atoms with Gasteiger partial charge in [0.2, 0.25) is 5.82 Å². The second-order valence-corrected chi connectivity index (χ2v) is 8.64. The summed E-state index contributed by atoms with van der Waals surface area (Å²) in [7, 11) is 0. The Balaban J connectivity index is 1.47. The molecule has 3 aromatic rings. The van der Waals surface area contributed by atoms with Crippen LogP contribution in [0.1, 0.15) is 49.3 Å². The summed E-state index contributed by atoms with van der Waals surface area (Å²) in [5, 5.41) is 21.0. The molecule has 1 aliphatic heterocycles. The molecule has 0 atom stereocenters. The molecule has 162 valence electrons. The summed E-state index contributed by atoms with van der Waals surface area (Å²) in [5.74, 6) is 2.56. The average Bonchev–Trinajstić information content (AvgIpc) is 3.47. The number of rotatable bonds is 6. The van der Waals surface area contributed by atoms with Gasteiger partial charge in [-0.15, -0.1) is 10.2 Å². The van der Waals surface area contributed by atoms with E-state index in [1.165, 1.54) is 37.1 Å². The lowest BCUT2D eigenvalue weighted by molar-refractivity contribution is -0.385. The van der Waals surface area contributed by atoms with Crippen molar-refractivity contribution in [3.8, 4) is 17.3 Å². The quantitative estimate of drug-likeness (QED) is 0.295. The van der Waals surface area contributed by atoms with E-state index < -0.39 is 0 Å². The van der Waals surface area contributed by atoms with Crippen molar-refractivity contribution in [2.75, 3.05) is 6.79 Å². The number of non-ortho nitro benzene ring substituents is 1. The second kappa shape index (κ2) is 8.72. The monoisotopic (exact) mass is 442 g/mol. The van der Waals surface area contributed by atoms with Crippen LogP contribution in [0, 0.1) is 10.1 Å². The fourth-order valence-corrected chi connectivity index (χ4v) is 5.23. The van der Waals surface area contributed by atoms with Gasteiger partial charge >= 0.3 is 0 Å². The number of thioether (sulfide) groups is 1. The van der Waals surface area contributed by atoms with E-state index in [9.17, 15) is 10.1 Å². The van der Waals surface area contributed by atoms with E-state index in [0.29, 0.717) is 35.5 Å². The molecule has 0 amide bonds. The molecule has 1 aliphatic carbocycles. The van der Waals surface area contributed by atoms with Gasteiger partial charge in [0, 0.05) is 35.1 Å². The third kappa shape index (κ3) is 4.05. The lowest BCUT2D eigenvalue weighted by atomic mass is 9.95. The van der Waals surface area contributed by atoms with E-state index in [1.807, 2.05) is 12.1 Å². The third-order valence-electron chi connectivity index (χ3n) is 5.69. The van der Waals surface area contributed by atoms with Gasteiger partial charge in [0.05, 0.1) is 17.8 Å². The van der Waals surface area contributed by atoms with Crippen molar-refractivity contribution < 1.29 is 18.8 Å². The largest absolute Gasteiger partial charge is 0.467 e. The zero-order chi connectivity index (χ0) is 21.2. The first-order valence-electron chi connectivity index (χ1n) is 10.3. The second-order valence-electron chi connectivity index (χ2n) is 7.69. The molecular formula is C21H22N4O5S. The highest BCUT2D eigenvalue weighted by atomic mass is 32.2. The summed E-state index contributed by atoms with van der Waals surface area (Å²) < 4.78 is 18.8. The van der Waals surface area contributed by atoms with Crippen LogP contribution >= 0.6 is 11.8 Å². The number of furan rings is 1. The molecule has 2 aromatic heterocycles. The molecule has 10 heteroatoms. The molecule has 0 spiro atoms. The van der Waals surface area contributed by atoms with Gasteiger partial charge in [-0.2, -0.15) is 0 Å². The number of fused-ring (bicyclic) bond motifs is 1. The molecule has 0 bridgehead atoms. The molecular weight excluding hydrogens is 420 g/mol. The van der Waals surface area contributed by atoms with Crippen molar-refractivity contribution in [2.45, 2.75) is 55.7 Å². The number of hydrogen-bond acceptors (Lipinski definition) is 8. The topological polar surface area (TPSA) is 105 Å². The van der Waals surface area contributed by atoms with E-state index in [0.717, 1.165) is 29.4 Å². The van der Waals surface area contributed by atoms with Crippen LogP contribution in [-0.2, 0) is 17.1 Å². The number of nitro groups is 1. The predicted octanol–water partition coefficient (Wildman–Crippen LogP) is 5.11. The summed E-state index contributed by atoms with van der Waals surface area (Å²) >= 11 is 1.51. The van der Waals surface area contributed by atoms with E-state index in [2.05, 4.69) is 14.8 Å². The fraction of sp³-hybridized carbons (Fsp3) is 0.429. The lowest BCUT2D eigenvalue weighted by Crippen LogP contribution is -2.15. The molecule has 1 fully saturated rings. The van der Waals surface area contributed by atoms with Gasteiger partial charge in [-0.3, -0.25) is 14.7 Å². The summed E-state index contributed by atoms with van der Waals surface area (Å²) in [6.07, 6.45) is 7.39. The lowest BCUT2D eigenvalue weighted by Gasteiger charge is -2.25. The number of hydrogen-bond donors (Lipinski definition) is 0. The van der Waals surface area contributed by atoms with Crippen LogP contribution in [-0.4, -0.2) is 26.5 Å². The summed E-state index contributed by atoms with van der Waals surface area (Å²) in [6.45, 7) is 0.443. The summed E-state index contributed by atoms with van der Waals surface area (Å²) in [5.41, 5.74) is 1.49. The molecule has 0 unspecified atom stereocenters. The van der Waals surface area contributed by atoms with Crippen molar-refractivity contribution in [1.82, 2.24) is 14.8 Å².